The number of allylic oxidation sites excluding steroid dienone is 1. The van der Waals surface area contributed by atoms with Gasteiger partial charge in [0, 0.05) is 19.8 Å². The molecule has 96 valence electrons. The Kier molecular flexibility index (Phi) is 10.9. The van der Waals surface area contributed by atoms with E-state index in [0.29, 0.717) is 12.0 Å². The van der Waals surface area contributed by atoms with Crippen LogP contribution >= 0.6 is 0 Å². The van der Waals surface area contributed by atoms with E-state index in [9.17, 15) is 0 Å². The molecule has 0 bridgehead atoms. The minimum absolute atomic E-state index is 0.647. The molecule has 0 fully saturated rings. The van der Waals surface area contributed by atoms with E-state index >= 15 is 0 Å². The Labute approximate surface area is 101 Å². The molecule has 1 N–H and O–H groups in total. The second kappa shape index (κ2) is 11.2. The van der Waals surface area contributed by atoms with Gasteiger partial charge in [0.2, 0.25) is 0 Å². The first kappa shape index (κ1) is 15.7. The van der Waals surface area contributed by atoms with Crippen molar-refractivity contribution in [3.8, 4) is 0 Å². The molecule has 0 saturated carbocycles. The molecule has 0 aliphatic heterocycles. The van der Waals surface area contributed by atoms with E-state index in [4.69, 9.17) is 4.74 Å². The van der Waals surface area contributed by atoms with Crippen LogP contribution < -0.4 is 5.32 Å². The number of hydrogen-bond acceptors (Lipinski definition) is 2. The lowest BCUT2D eigenvalue weighted by molar-refractivity contribution is 0.149. The van der Waals surface area contributed by atoms with Crippen molar-refractivity contribution < 1.29 is 4.74 Å². The highest BCUT2D eigenvalue weighted by Gasteiger charge is 2.10. The van der Waals surface area contributed by atoms with Gasteiger partial charge in [0.1, 0.15) is 0 Å². The summed E-state index contributed by atoms with van der Waals surface area (Å²) in [5, 5.41) is 3.41. The van der Waals surface area contributed by atoms with Crippen LogP contribution in [0, 0.1) is 5.92 Å². The molecule has 0 aromatic carbocycles. The largest absolute Gasteiger partial charge is 0.384 e. The van der Waals surface area contributed by atoms with E-state index in [1.165, 1.54) is 32.1 Å². The highest BCUT2D eigenvalue weighted by atomic mass is 16.5. The van der Waals surface area contributed by atoms with Crippen molar-refractivity contribution in [2.75, 3.05) is 20.8 Å². The van der Waals surface area contributed by atoms with Gasteiger partial charge in [-0.25, -0.2) is 0 Å². The molecule has 0 saturated heterocycles. The van der Waals surface area contributed by atoms with Crippen molar-refractivity contribution in [3.05, 3.63) is 12.7 Å². The van der Waals surface area contributed by atoms with Gasteiger partial charge in [-0.15, -0.1) is 6.58 Å². The lowest BCUT2D eigenvalue weighted by Crippen LogP contribution is -2.28. The highest BCUT2D eigenvalue weighted by molar-refractivity contribution is 4.69. The van der Waals surface area contributed by atoms with Crippen LogP contribution in [0.2, 0.25) is 0 Å². The zero-order valence-electron chi connectivity index (χ0n) is 11.3. The third-order valence-electron chi connectivity index (χ3n) is 3.01. The molecule has 2 atom stereocenters. The highest BCUT2D eigenvalue weighted by Crippen LogP contribution is 2.13. The van der Waals surface area contributed by atoms with Crippen molar-refractivity contribution in [2.24, 2.45) is 5.92 Å². The van der Waals surface area contributed by atoms with Crippen molar-refractivity contribution in [1.29, 1.82) is 0 Å². The SMILES string of the molecule is C=CCCCCCC(CC(C)COC)NC. The summed E-state index contributed by atoms with van der Waals surface area (Å²) in [5.74, 6) is 0.649. The molecule has 0 aromatic rings. The van der Waals surface area contributed by atoms with Crippen LogP contribution in [0.15, 0.2) is 12.7 Å². The number of methoxy groups -OCH3 is 1. The molecule has 0 aliphatic rings. The van der Waals surface area contributed by atoms with Gasteiger partial charge in [-0.05, 0) is 38.6 Å². The van der Waals surface area contributed by atoms with Crippen LogP contribution in [-0.2, 0) is 4.74 Å². The summed E-state index contributed by atoms with van der Waals surface area (Å²) in [6.07, 6.45) is 9.59. The maximum Gasteiger partial charge on any atom is 0.0488 e. The molecule has 0 radical (unpaired) electrons. The fraction of sp³-hybridized carbons (Fsp3) is 0.857. The van der Waals surface area contributed by atoms with Gasteiger partial charge in [-0.1, -0.05) is 25.8 Å². The summed E-state index contributed by atoms with van der Waals surface area (Å²) in [4.78, 5) is 0. The van der Waals surface area contributed by atoms with Gasteiger partial charge < -0.3 is 10.1 Å². The lowest BCUT2D eigenvalue weighted by Gasteiger charge is -2.20. The summed E-state index contributed by atoms with van der Waals surface area (Å²) in [6, 6.07) is 0.647. The topological polar surface area (TPSA) is 21.3 Å². The number of hydrogen-bond donors (Lipinski definition) is 1. The van der Waals surface area contributed by atoms with E-state index in [-0.39, 0.29) is 0 Å². The fourth-order valence-electron chi connectivity index (χ4n) is 2.07. The predicted octanol–water partition coefficient (Wildman–Crippen LogP) is 3.38. The fourth-order valence-corrected chi connectivity index (χ4v) is 2.07. The normalized spacial score (nSPS) is 14.7. The van der Waals surface area contributed by atoms with Crippen LogP contribution in [0.1, 0.15) is 45.4 Å². The number of nitrogens with one attached hydrogen (secondary N) is 1. The van der Waals surface area contributed by atoms with Crippen LogP contribution in [0.4, 0.5) is 0 Å². The van der Waals surface area contributed by atoms with Crippen LogP contribution in [0.3, 0.4) is 0 Å². The Morgan fingerprint density at radius 3 is 2.62 bits per heavy atom. The van der Waals surface area contributed by atoms with E-state index in [1.807, 2.05) is 6.08 Å². The van der Waals surface area contributed by atoms with Crippen LogP contribution in [0.25, 0.3) is 0 Å². The summed E-state index contributed by atoms with van der Waals surface area (Å²) in [7, 11) is 3.84. The van der Waals surface area contributed by atoms with Crippen LogP contribution in [-0.4, -0.2) is 26.8 Å². The third-order valence-corrected chi connectivity index (χ3v) is 3.01. The van der Waals surface area contributed by atoms with Gasteiger partial charge in [0.05, 0.1) is 0 Å². The van der Waals surface area contributed by atoms with Crippen molar-refractivity contribution in [1.82, 2.24) is 5.32 Å². The Bertz CT molecular complexity index is 159. The first-order valence-electron chi connectivity index (χ1n) is 6.51. The molecule has 0 aromatic heterocycles. The van der Waals surface area contributed by atoms with E-state index in [2.05, 4.69) is 25.9 Å². The van der Waals surface area contributed by atoms with Gasteiger partial charge in [-0.3, -0.25) is 0 Å². The molecule has 0 heterocycles. The lowest BCUT2D eigenvalue weighted by atomic mass is 9.97. The predicted molar refractivity (Wildman–Crippen MR) is 71.8 cm³/mol. The van der Waals surface area contributed by atoms with Crippen molar-refractivity contribution >= 4 is 0 Å². The minimum atomic E-state index is 0.647. The molecular weight excluding hydrogens is 198 g/mol. The molecule has 0 spiro atoms. The molecule has 2 heteroatoms. The maximum atomic E-state index is 5.17. The van der Waals surface area contributed by atoms with Crippen molar-refractivity contribution in [2.45, 2.75) is 51.5 Å². The van der Waals surface area contributed by atoms with Gasteiger partial charge >= 0.3 is 0 Å². The smallest absolute Gasteiger partial charge is 0.0488 e. The van der Waals surface area contributed by atoms with E-state index in [0.717, 1.165) is 13.0 Å². The van der Waals surface area contributed by atoms with E-state index in [1.54, 1.807) is 7.11 Å². The summed E-state index contributed by atoms with van der Waals surface area (Å²) < 4.78 is 5.17. The quantitative estimate of drug-likeness (QED) is 0.431. The number of ether oxygens (including phenoxy) is 1. The average molecular weight is 227 g/mol. The average Bonchev–Trinajstić information content (AvgIpc) is 2.27. The molecule has 0 aliphatic carbocycles. The van der Waals surface area contributed by atoms with E-state index < -0.39 is 0 Å². The molecular formula is C14H29NO. The first-order chi connectivity index (χ1) is 7.74. The summed E-state index contributed by atoms with van der Waals surface area (Å²) >= 11 is 0. The Balaban J connectivity index is 3.53. The summed E-state index contributed by atoms with van der Waals surface area (Å²) in [6.45, 7) is 6.87. The molecule has 0 amide bonds. The van der Waals surface area contributed by atoms with Crippen LogP contribution in [0.5, 0.6) is 0 Å². The zero-order valence-corrected chi connectivity index (χ0v) is 11.3. The molecule has 2 nitrogen and oxygen atoms in total. The van der Waals surface area contributed by atoms with Crippen molar-refractivity contribution in [3.63, 3.8) is 0 Å². The Morgan fingerprint density at radius 2 is 2.06 bits per heavy atom. The standard InChI is InChI=1S/C14H29NO/c1-5-6-7-8-9-10-14(15-3)11-13(2)12-16-4/h5,13-15H,1,6-12H2,2-4H3. The minimum Gasteiger partial charge on any atom is -0.384 e. The molecule has 0 rings (SSSR count). The molecule has 2 unspecified atom stereocenters. The molecule has 16 heavy (non-hydrogen) atoms. The second-order valence-electron chi connectivity index (χ2n) is 4.71. The monoisotopic (exact) mass is 227 g/mol. The second-order valence-corrected chi connectivity index (χ2v) is 4.71. The van der Waals surface area contributed by atoms with Gasteiger partial charge in [-0.2, -0.15) is 0 Å². The Morgan fingerprint density at radius 1 is 1.31 bits per heavy atom. The van der Waals surface area contributed by atoms with Gasteiger partial charge in [0.25, 0.3) is 0 Å². The third kappa shape index (κ3) is 8.93. The maximum absolute atomic E-state index is 5.17. The summed E-state index contributed by atoms with van der Waals surface area (Å²) in [5.41, 5.74) is 0. The number of rotatable bonds is 11. The number of unbranched alkanes of at least 4 members (excludes halogenated alkanes) is 3. The first-order valence-corrected chi connectivity index (χ1v) is 6.51. The Hall–Kier alpha value is -0.340. The zero-order chi connectivity index (χ0) is 12.2. The van der Waals surface area contributed by atoms with Gasteiger partial charge in [0.15, 0.2) is 0 Å².